The van der Waals surface area contributed by atoms with Crippen LogP contribution in [0.25, 0.3) is 0 Å². The molecular weight excluding hydrogens is 363 g/mol. The highest BCUT2D eigenvalue weighted by Crippen LogP contribution is 2.36. The highest BCUT2D eigenvalue weighted by molar-refractivity contribution is 5.63. The summed E-state index contributed by atoms with van der Waals surface area (Å²) in [4.78, 5) is 4.31. The molecule has 3 nitrogen and oxygen atoms in total. The number of rotatable bonds is 8. The van der Waals surface area contributed by atoms with Crippen LogP contribution in [0.3, 0.4) is 0 Å². The topological polar surface area (TPSA) is 30.3 Å². The largest absolute Gasteiger partial charge is 0.417 e. The van der Waals surface area contributed by atoms with Crippen LogP contribution < -0.4 is 4.90 Å². The summed E-state index contributed by atoms with van der Waals surface area (Å²) in [5.41, 5.74) is -0.700. The Morgan fingerprint density at radius 2 is 1.75 bits per heavy atom. The Morgan fingerprint density at radius 1 is 1.07 bits per heavy atom. The zero-order valence-electron chi connectivity index (χ0n) is 17.2. The Bertz CT molecular complexity index is 656. The molecule has 0 spiro atoms. The van der Waals surface area contributed by atoms with E-state index in [9.17, 15) is 18.4 Å². The summed E-state index contributed by atoms with van der Waals surface area (Å²) in [7, 11) is 0. The van der Waals surface area contributed by atoms with Crippen LogP contribution in [-0.4, -0.2) is 37.6 Å². The monoisotopic (exact) mass is 395 g/mol. The predicted molar refractivity (Wildman–Crippen MR) is 107 cm³/mol. The van der Waals surface area contributed by atoms with Gasteiger partial charge in [0.15, 0.2) is 0 Å². The summed E-state index contributed by atoms with van der Waals surface area (Å²) < 4.78 is 39.6. The molecule has 156 valence electrons. The van der Waals surface area contributed by atoms with Gasteiger partial charge in [0, 0.05) is 26.2 Å². The average molecular weight is 396 g/mol. The van der Waals surface area contributed by atoms with Crippen molar-refractivity contribution in [1.82, 2.24) is 4.90 Å². The van der Waals surface area contributed by atoms with Crippen molar-refractivity contribution in [2.24, 2.45) is 11.8 Å². The lowest BCUT2D eigenvalue weighted by Crippen LogP contribution is -2.47. The molecule has 6 heteroatoms. The molecule has 1 saturated heterocycles. The second-order valence-corrected chi connectivity index (χ2v) is 8.17. The molecule has 1 fully saturated rings. The van der Waals surface area contributed by atoms with Gasteiger partial charge in [-0.25, -0.2) is 0 Å². The zero-order valence-corrected chi connectivity index (χ0v) is 17.2. The van der Waals surface area contributed by atoms with Crippen LogP contribution in [-0.2, 0) is 6.18 Å². The summed E-state index contributed by atoms with van der Waals surface area (Å²) in [6, 6.07) is 5.78. The predicted octanol–water partition coefficient (Wildman–Crippen LogP) is 5.55. The van der Waals surface area contributed by atoms with Crippen molar-refractivity contribution in [3.8, 4) is 6.07 Å². The van der Waals surface area contributed by atoms with Crippen LogP contribution in [0, 0.1) is 23.2 Å². The SMILES string of the molecule is CC[C@H](CCC(C)C)CCN1CCN(c2cccc(C(F)(F)F)c2C#N)CC1. The van der Waals surface area contributed by atoms with E-state index in [0.717, 1.165) is 37.5 Å². The van der Waals surface area contributed by atoms with Crippen molar-refractivity contribution >= 4 is 5.69 Å². The number of nitrogens with zero attached hydrogens (tertiary/aromatic N) is 3. The number of nitriles is 1. The highest BCUT2D eigenvalue weighted by Gasteiger charge is 2.35. The number of alkyl halides is 3. The quantitative estimate of drug-likeness (QED) is 0.578. The summed E-state index contributed by atoms with van der Waals surface area (Å²) >= 11 is 0. The van der Waals surface area contributed by atoms with Crippen LogP contribution in [0.5, 0.6) is 0 Å². The lowest BCUT2D eigenvalue weighted by molar-refractivity contribution is -0.137. The average Bonchev–Trinajstić information content (AvgIpc) is 2.67. The standard InChI is InChI=1S/C22H32F3N3/c1-4-18(9-8-17(2)3)10-11-27-12-14-28(15-13-27)21-7-5-6-20(19(21)16-26)22(23,24)25/h5-7,17-18H,4,8-15H2,1-3H3/t18-/m1/s1. The van der Waals surface area contributed by atoms with E-state index < -0.39 is 11.7 Å². The maximum atomic E-state index is 13.2. The first-order valence-corrected chi connectivity index (χ1v) is 10.3. The molecule has 28 heavy (non-hydrogen) atoms. The van der Waals surface area contributed by atoms with Crippen molar-refractivity contribution in [2.75, 3.05) is 37.6 Å². The van der Waals surface area contributed by atoms with Gasteiger partial charge in [0.1, 0.15) is 6.07 Å². The lowest BCUT2D eigenvalue weighted by atomic mass is 9.93. The Labute approximate surface area is 167 Å². The van der Waals surface area contributed by atoms with Gasteiger partial charge in [-0.15, -0.1) is 0 Å². The van der Waals surface area contributed by atoms with Crippen LogP contribution in [0.15, 0.2) is 18.2 Å². The van der Waals surface area contributed by atoms with Gasteiger partial charge in [0.25, 0.3) is 0 Å². The first kappa shape index (κ1) is 22.5. The molecule has 0 N–H and O–H groups in total. The molecular formula is C22H32F3N3. The van der Waals surface area contributed by atoms with E-state index in [1.165, 1.54) is 31.7 Å². The van der Waals surface area contributed by atoms with Gasteiger partial charge in [0.2, 0.25) is 0 Å². The molecule has 0 saturated carbocycles. The van der Waals surface area contributed by atoms with Crippen LogP contribution in [0.1, 0.15) is 57.6 Å². The third-order valence-electron chi connectivity index (χ3n) is 5.76. The maximum Gasteiger partial charge on any atom is 0.417 e. The highest BCUT2D eigenvalue weighted by atomic mass is 19.4. The van der Waals surface area contributed by atoms with Crippen molar-refractivity contribution in [2.45, 2.75) is 52.6 Å². The number of hydrogen-bond acceptors (Lipinski definition) is 3. The minimum absolute atomic E-state index is 0.261. The molecule has 0 radical (unpaired) electrons. The lowest BCUT2D eigenvalue weighted by Gasteiger charge is -2.37. The van der Waals surface area contributed by atoms with E-state index in [-0.39, 0.29) is 5.56 Å². The van der Waals surface area contributed by atoms with Crippen LogP contribution in [0.4, 0.5) is 18.9 Å². The fourth-order valence-corrected chi connectivity index (χ4v) is 3.86. The fraction of sp³-hybridized carbons (Fsp3) is 0.682. The van der Waals surface area contributed by atoms with Gasteiger partial charge in [-0.3, -0.25) is 4.90 Å². The molecule has 0 aromatic heterocycles. The summed E-state index contributed by atoms with van der Waals surface area (Å²) in [5, 5.41) is 9.32. The van der Waals surface area contributed by atoms with E-state index in [2.05, 4.69) is 25.7 Å². The second-order valence-electron chi connectivity index (χ2n) is 8.17. The Hall–Kier alpha value is -1.74. The summed E-state index contributed by atoms with van der Waals surface area (Å²) in [6.45, 7) is 10.8. The number of halogens is 3. The van der Waals surface area contributed by atoms with E-state index in [1.807, 2.05) is 4.90 Å². The smallest absolute Gasteiger partial charge is 0.368 e. The van der Waals surface area contributed by atoms with Gasteiger partial charge >= 0.3 is 6.18 Å². The van der Waals surface area contributed by atoms with Gasteiger partial charge < -0.3 is 4.90 Å². The molecule has 0 bridgehead atoms. The first-order valence-electron chi connectivity index (χ1n) is 10.3. The molecule has 1 aliphatic heterocycles. The maximum absolute atomic E-state index is 13.2. The molecule has 1 heterocycles. The van der Waals surface area contributed by atoms with Gasteiger partial charge in [-0.2, -0.15) is 18.4 Å². The van der Waals surface area contributed by atoms with E-state index >= 15 is 0 Å². The molecule has 1 aromatic rings. The van der Waals surface area contributed by atoms with Crippen LogP contribution >= 0.6 is 0 Å². The summed E-state index contributed by atoms with van der Waals surface area (Å²) in [6.07, 6.45) is 0.398. The Balaban J connectivity index is 1.93. The van der Waals surface area contributed by atoms with Gasteiger partial charge in [-0.05, 0) is 36.9 Å². The Morgan fingerprint density at radius 3 is 2.29 bits per heavy atom. The van der Waals surface area contributed by atoms with E-state index in [0.29, 0.717) is 18.8 Å². The van der Waals surface area contributed by atoms with Gasteiger partial charge in [0.05, 0.1) is 16.8 Å². The zero-order chi connectivity index (χ0) is 20.7. The van der Waals surface area contributed by atoms with Crippen molar-refractivity contribution < 1.29 is 13.2 Å². The van der Waals surface area contributed by atoms with Gasteiger partial charge in [-0.1, -0.05) is 46.1 Å². The normalized spacial score (nSPS) is 17.0. The van der Waals surface area contributed by atoms with Crippen LogP contribution in [0.2, 0.25) is 0 Å². The number of anilines is 1. The van der Waals surface area contributed by atoms with Crippen molar-refractivity contribution in [3.63, 3.8) is 0 Å². The molecule has 0 amide bonds. The van der Waals surface area contributed by atoms with Crippen molar-refractivity contribution in [3.05, 3.63) is 29.3 Å². The molecule has 1 aliphatic rings. The number of piperazine rings is 1. The molecule has 1 atom stereocenters. The second kappa shape index (κ2) is 10.2. The third-order valence-corrected chi connectivity index (χ3v) is 5.76. The summed E-state index contributed by atoms with van der Waals surface area (Å²) in [5.74, 6) is 1.48. The number of hydrogen-bond donors (Lipinski definition) is 0. The van der Waals surface area contributed by atoms with Crippen molar-refractivity contribution in [1.29, 1.82) is 5.26 Å². The third kappa shape index (κ3) is 6.13. The Kier molecular flexibility index (Phi) is 8.18. The number of benzene rings is 1. The molecule has 0 unspecified atom stereocenters. The van der Waals surface area contributed by atoms with E-state index in [4.69, 9.17) is 0 Å². The minimum atomic E-state index is -4.51. The molecule has 0 aliphatic carbocycles. The molecule has 1 aromatic carbocycles. The molecule has 2 rings (SSSR count). The fourth-order valence-electron chi connectivity index (χ4n) is 3.86. The first-order chi connectivity index (χ1) is 13.3. The van der Waals surface area contributed by atoms with E-state index in [1.54, 1.807) is 12.1 Å². The minimum Gasteiger partial charge on any atom is -0.368 e.